The first kappa shape index (κ1) is 21.9. The maximum absolute atomic E-state index is 13.7. The van der Waals surface area contributed by atoms with Crippen molar-refractivity contribution >= 4 is 29.1 Å². The van der Waals surface area contributed by atoms with E-state index in [1.807, 2.05) is 19.1 Å². The van der Waals surface area contributed by atoms with Crippen molar-refractivity contribution in [3.05, 3.63) is 46.7 Å². The Morgan fingerprint density at radius 1 is 1.19 bits per heavy atom. The molecule has 1 saturated carbocycles. The fraction of sp³-hybridized carbons (Fsp3) is 0.542. The average Bonchev–Trinajstić information content (AvgIpc) is 3.13. The highest BCUT2D eigenvalue weighted by atomic mass is 35.5. The van der Waals surface area contributed by atoms with Crippen LogP contribution in [-0.4, -0.2) is 33.2 Å². The molecule has 31 heavy (non-hydrogen) atoms. The SMILES string of the molecule is CC(C)(C)c1cc2n(n1)CC(C)(C(=O)NC1CCCCC1)N(c1cccc(Cl)c1)C2=O. The number of hydrogen-bond acceptors (Lipinski definition) is 3. The van der Waals surface area contributed by atoms with E-state index in [1.54, 1.807) is 27.8 Å². The molecule has 4 rings (SSSR count). The fourth-order valence-corrected chi connectivity index (χ4v) is 4.74. The van der Waals surface area contributed by atoms with E-state index in [2.05, 4.69) is 26.1 Å². The summed E-state index contributed by atoms with van der Waals surface area (Å²) in [7, 11) is 0. The molecule has 1 N–H and O–H groups in total. The molecule has 2 heterocycles. The van der Waals surface area contributed by atoms with Gasteiger partial charge in [0.25, 0.3) is 5.91 Å². The maximum atomic E-state index is 13.7. The predicted molar refractivity (Wildman–Crippen MR) is 123 cm³/mol. The van der Waals surface area contributed by atoms with E-state index >= 15 is 0 Å². The zero-order chi connectivity index (χ0) is 22.4. The number of hydrogen-bond donors (Lipinski definition) is 1. The molecule has 2 aromatic rings. The summed E-state index contributed by atoms with van der Waals surface area (Å²) in [5.74, 6) is -0.385. The van der Waals surface area contributed by atoms with Crippen molar-refractivity contribution in [1.29, 1.82) is 0 Å². The lowest BCUT2D eigenvalue weighted by Gasteiger charge is -2.44. The van der Waals surface area contributed by atoms with Crippen molar-refractivity contribution in [1.82, 2.24) is 15.1 Å². The molecular formula is C24H31ClN4O2. The number of nitrogens with one attached hydrogen (secondary N) is 1. The van der Waals surface area contributed by atoms with Crippen molar-refractivity contribution < 1.29 is 9.59 Å². The summed E-state index contributed by atoms with van der Waals surface area (Å²) in [4.78, 5) is 29.0. The molecule has 2 amide bonds. The number of anilines is 1. The monoisotopic (exact) mass is 442 g/mol. The largest absolute Gasteiger partial charge is 0.351 e. The number of carbonyl (C=O) groups is 2. The summed E-state index contributed by atoms with van der Waals surface area (Å²) in [6, 6.07) is 9.13. The van der Waals surface area contributed by atoms with E-state index < -0.39 is 5.54 Å². The molecule has 1 fully saturated rings. The summed E-state index contributed by atoms with van der Waals surface area (Å²) >= 11 is 6.25. The van der Waals surface area contributed by atoms with Gasteiger partial charge in [-0.1, -0.05) is 57.7 Å². The third-order valence-corrected chi connectivity index (χ3v) is 6.65. The van der Waals surface area contributed by atoms with Crippen molar-refractivity contribution in [2.24, 2.45) is 0 Å². The van der Waals surface area contributed by atoms with Gasteiger partial charge in [-0.25, -0.2) is 0 Å². The molecule has 1 aromatic carbocycles. The van der Waals surface area contributed by atoms with Crippen molar-refractivity contribution in [3.8, 4) is 0 Å². The van der Waals surface area contributed by atoms with Gasteiger partial charge in [-0.2, -0.15) is 5.10 Å². The van der Waals surface area contributed by atoms with Crippen LogP contribution in [0.3, 0.4) is 0 Å². The number of aromatic nitrogens is 2. The third kappa shape index (κ3) is 4.10. The highest BCUT2D eigenvalue weighted by Crippen LogP contribution is 2.35. The van der Waals surface area contributed by atoms with Crippen LogP contribution in [-0.2, 0) is 16.8 Å². The quantitative estimate of drug-likeness (QED) is 0.748. The average molecular weight is 443 g/mol. The Hall–Kier alpha value is -2.34. The summed E-state index contributed by atoms with van der Waals surface area (Å²) in [6.07, 6.45) is 5.42. The van der Waals surface area contributed by atoms with Gasteiger partial charge in [0.15, 0.2) is 0 Å². The van der Waals surface area contributed by atoms with Crippen molar-refractivity contribution in [3.63, 3.8) is 0 Å². The van der Waals surface area contributed by atoms with E-state index in [0.29, 0.717) is 16.4 Å². The highest BCUT2D eigenvalue weighted by Gasteiger charge is 2.49. The van der Waals surface area contributed by atoms with Gasteiger partial charge in [0.2, 0.25) is 5.91 Å². The number of benzene rings is 1. The molecule has 0 saturated heterocycles. The molecule has 2 aliphatic rings. The second kappa shape index (κ2) is 7.97. The van der Waals surface area contributed by atoms with Crippen LogP contribution in [0.2, 0.25) is 5.02 Å². The number of carbonyl (C=O) groups excluding carboxylic acids is 2. The fourth-order valence-electron chi connectivity index (χ4n) is 4.56. The van der Waals surface area contributed by atoms with Crippen LogP contribution in [0.4, 0.5) is 5.69 Å². The topological polar surface area (TPSA) is 67.2 Å². The Morgan fingerprint density at radius 3 is 2.55 bits per heavy atom. The number of fused-ring (bicyclic) bond motifs is 1. The van der Waals surface area contributed by atoms with Crippen LogP contribution in [0.5, 0.6) is 0 Å². The van der Waals surface area contributed by atoms with Crippen LogP contribution in [0.15, 0.2) is 30.3 Å². The van der Waals surface area contributed by atoms with Crippen LogP contribution in [0.1, 0.15) is 76.0 Å². The van der Waals surface area contributed by atoms with Gasteiger partial charge in [-0.3, -0.25) is 19.2 Å². The summed E-state index contributed by atoms with van der Waals surface area (Å²) in [6.45, 7) is 8.31. The van der Waals surface area contributed by atoms with E-state index in [1.165, 1.54) is 6.42 Å². The lowest BCUT2D eigenvalue weighted by atomic mass is 9.90. The Balaban J connectivity index is 1.77. The number of halogens is 1. The van der Waals surface area contributed by atoms with Gasteiger partial charge in [0, 0.05) is 22.2 Å². The molecule has 0 spiro atoms. The van der Waals surface area contributed by atoms with Gasteiger partial charge in [0.1, 0.15) is 11.2 Å². The molecule has 1 unspecified atom stereocenters. The summed E-state index contributed by atoms with van der Waals surface area (Å²) in [5.41, 5.74) is 0.620. The van der Waals surface area contributed by atoms with Crippen LogP contribution >= 0.6 is 11.6 Å². The number of nitrogens with zero attached hydrogens (tertiary/aromatic N) is 3. The van der Waals surface area contributed by atoms with E-state index in [-0.39, 0.29) is 29.8 Å². The van der Waals surface area contributed by atoms with Gasteiger partial charge < -0.3 is 5.32 Å². The smallest absolute Gasteiger partial charge is 0.277 e. The molecular weight excluding hydrogens is 412 g/mol. The van der Waals surface area contributed by atoms with Gasteiger partial charge in [0.05, 0.1) is 12.2 Å². The van der Waals surface area contributed by atoms with E-state index in [0.717, 1.165) is 31.4 Å². The minimum atomic E-state index is -1.12. The van der Waals surface area contributed by atoms with Gasteiger partial charge in [-0.05, 0) is 44.0 Å². The number of rotatable bonds is 3. The first-order valence-electron chi connectivity index (χ1n) is 11.1. The standard InChI is InChI=1S/C24H31ClN4O2/c1-23(2,3)20-14-19-21(30)29(18-12-8-9-16(25)13-18)24(4,15-28(19)27-20)22(31)26-17-10-6-5-7-11-17/h8-9,12-14,17H,5-7,10-11,15H2,1-4H3,(H,26,31). The van der Waals surface area contributed by atoms with Gasteiger partial charge >= 0.3 is 0 Å². The van der Waals surface area contributed by atoms with Crippen LogP contribution in [0, 0.1) is 0 Å². The summed E-state index contributed by atoms with van der Waals surface area (Å²) in [5, 5.41) is 8.45. The lowest BCUT2D eigenvalue weighted by Crippen LogP contribution is -2.65. The maximum Gasteiger partial charge on any atom is 0.277 e. The Bertz CT molecular complexity index is 1000. The Kier molecular flexibility index (Phi) is 5.63. The first-order valence-corrected chi connectivity index (χ1v) is 11.5. The molecule has 0 radical (unpaired) electrons. The Labute approximate surface area is 188 Å². The molecule has 0 bridgehead atoms. The zero-order valence-electron chi connectivity index (χ0n) is 18.7. The highest BCUT2D eigenvalue weighted by molar-refractivity contribution is 6.31. The van der Waals surface area contributed by atoms with Crippen LogP contribution in [0.25, 0.3) is 0 Å². The molecule has 1 atom stereocenters. The minimum absolute atomic E-state index is 0.147. The molecule has 166 valence electrons. The van der Waals surface area contributed by atoms with E-state index in [4.69, 9.17) is 16.7 Å². The lowest BCUT2D eigenvalue weighted by molar-refractivity contribution is -0.127. The molecule has 1 aromatic heterocycles. The third-order valence-electron chi connectivity index (χ3n) is 6.42. The zero-order valence-corrected chi connectivity index (χ0v) is 19.5. The Morgan fingerprint density at radius 2 is 1.90 bits per heavy atom. The first-order chi connectivity index (χ1) is 14.6. The second-order valence-electron chi connectivity index (χ2n) is 10.0. The van der Waals surface area contributed by atoms with Crippen molar-refractivity contribution in [2.45, 2.75) is 83.3 Å². The van der Waals surface area contributed by atoms with E-state index in [9.17, 15) is 9.59 Å². The molecule has 1 aliphatic heterocycles. The second-order valence-corrected chi connectivity index (χ2v) is 10.5. The van der Waals surface area contributed by atoms with Crippen LogP contribution < -0.4 is 10.2 Å². The van der Waals surface area contributed by atoms with Gasteiger partial charge in [-0.15, -0.1) is 0 Å². The predicted octanol–water partition coefficient (Wildman–Crippen LogP) is 4.70. The molecule has 6 nitrogen and oxygen atoms in total. The molecule has 7 heteroatoms. The minimum Gasteiger partial charge on any atom is -0.351 e. The summed E-state index contributed by atoms with van der Waals surface area (Å²) < 4.78 is 1.70. The normalized spacial score (nSPS) is 22.4. The molecule has 1 aliphatic carbocycles. The van der Waals surface area contributed by atoms with Crippen molar-refractivity contribution in [2.75, 3.05) is 4.90 Å². The number of amides is 2.